The van der Waals surface area contributed by atoms with Gasteiger partial charge in [0, 0.05) is 5.92 Å². The Morgan fingerprint density at radius 2 is 1.48 bits per heavy atom. The van der Waals surface area contributed by atoms with Gasteiger partial charge < -0.3 is 4.43 Å². The highest BCUT2D eigenvalue weighted by Gasteiger charge is 2.38. The minimum absolute atomic E-state index is 0.0234. The number of nitrogens with zero attached hydrogens (tertiary/aromatic N) is 1. The minimum Gasteiger partial charge on any atom is -0.549 e. The maximum absolute atomic E-state index is 12.6. The molecule has 31 heavy (non-hydrogen) atoms. The topological polar surface area (TPSA) is 55.8 Å². The number of carbonyl (C=O) groups is 2. The maximum atomic E-state index is 12.6. The number of hydroxylamine groups is 2. The molecule has 0 aromatic heterocycles. The number of imide groups is 1. The molecular formula is C25H31NO4Si. The molecule has 0 spiro atoms. The summed E-state index contributed by atoms with van der Waals surface area (Å²) < 4.78 is 6.13. The fourth-order valence-electron chi connectivity index (χ4n) is 3.09. The average Bonchev–Trinajstić information content (AvgIpc) is 2.98. The molecule has 0 saturated heterocycles. The second kappa shape index (κ2) is 9.20. The smallest absolute Gasteiger partial charge is 0.285 e. The maximum Gasteiger partial charge on any atom is 0.285 e. The van der Waals surface area contributed by atoms with E-state index in [-0.39, 0.29) is 17.6 Å². The van der Waals surface area contributed by atoms with Gasteiger partial charge in [-0.1, -0.05) is 69.3 Å². The van der Waals surface area contributed by atoms with E-state index < -0.39 is 20.1 Å². The van der Waals surface area contributed by atoms with Crippen molar-refractivity contribution in [3.63, 3.8) is 0 Å². The van der Waals surface area contributed by atoms with Gasteiger partial charge in [0.2, 0.25) is 8.32 Å². The Kier molecular flexibility index (Phi) is 6.82. The van der Waals surface area contributed by atoms with Gasteiger partial charge in [0.25, 0.3) is 11.8 Å². The summed E-state index contributed by atoms with van der Waals surface area (Å²) in [6.45, 7) is 11.2. The normalized spacial score (nSPS) is 15.5. The lowest BCUT2D eigenvalue weighted by molar-refractivity contribution is -0.0958. The van der Waals surface area contributed by atoms with Crippen molar-refractivity contribution in [3.05, 3.63) is 83.6 Å². The molecule has 5 nitrogen and oxygen atoms in total. The standard InChI is InChI=1S/C25H31NO4Si/c1-25(2,3)31(4,5)30-17-11-14-20(19-12-7-6-8-13-19)18-29-26-23(27)21-15-9-10-16-22(21)24(26)28/h6-13,15-17,20H,14,18H2,1-5H3/b17-11-. The van der Waals surface area contributed by atoms with Crippen LogP contribution in [0.2, 0.25) is 18.1 Å². The van der Waals surface area contributed by atoms with Crippen LogP contribution in [0.3, 0.4) is 0 Å². The summed E-state index contributed by atoms with van der Waals surface area (Å²) in [4.78, 5) is 30.9. The van der Waals surface area contributed by atoms with Crippen LogP contribution in [0.5, 0.6) is 0 Å². The third kappa shape index (κ3) is 5.14. The molecule has 2 aromatic carbocycles. The van der Waals surface area contributed by atoms with E-state index in [2.05, 4.69) is 33.9 Å². The molecule has 1 unspecified atom stereocenters. The minimum atomic E-state index is -1.87. The van der Waals surface area contributed by atoms with E-state index in [1.54, 1.807) is 30.5 Å². The molecule has 1 aliphatic rings. The summed E-state index contributed by atoms with van der Waals surface area (Å²) in [5, 5.41) is 1.02. The van der Waals surface area contributed by atoms with Crippen molar-refractivity contribution < 1.29 is 18.9 Å². The third-order valence-electron chi connectivity index (χ3n) is 6.12. The molecule has 1 aliphatic heterocycles. The van der Waals surface area contributed by atoms with E-state index in [9.17, 15) is 9.59 Å². The predicted molar refractivity (Wildman–Crippen MR) is 124 cm³/mol. The van der Waals surface area contributed by atoms with Gasteiger partial charge >= 0.3 is 0 Å². The van der Waals surface area contributed by atoms with Crippen LogP contribution in [0.15, 0.2) is 66.9 Å². The predicted octanol–water partition coefficient (Wildman–Crippen LogP) is 5.92. The Labute approximate surface area is 185 Å². The summed E-state index contributed by atoms with van der Waals surface area (Å²) in [6.07, 6.45) is 4.47. The van der Waals surface area contributed by atoms with Gasteiger partial charge in [-0.05, 0) is 42.2 Å². The Bertz CT molecular complexity index is 928. The first-order valence-corrected chi connectivity index (χ1v) is 13.5. The number of fused-ring (bicyclic) bond motifs is 1. The SMILES string of the molecule is CC(C)(C)[Si](C)(C)O/C=C\CC(CON1C(=O)c2ccccc2C1=O)c1ccccc1. The monoisotopic (exact) mass is 437 g/mol. The lowest BCUT2D eigenvalue weighted by atomic mass is 9.97. The fraction of sp³-hybridized carbons (Fsp3) is 0.360. The highest BCUT2D eigenvalue weighted by molar-refractivity contribution is 6.74. The number of benzene rings is 2. The first-order valence-electron chi connectivity index (χ1n) is 10.6. The largest absolute Gasteiger partial charge is 0.549 e. The van der Waals surface area contributed by atoms with Crippen LogP contribution in [0.25, 0.3) is 0 Å². The van der Waals surface area contributed by atoms with Crippen molar-refractivity contribution in [2.45, 2.75) is 51.2 Å². The summed E-state index contributed by atoms with van der Waals surface area (Å²) >= 11 is 0. The van der Waals surface area contributed by atoms with Crippen LogP contribution in [-0.4, -0.2) is 31.8 Å². The van der Waals surface area contributed by atoms with Gasteiger partial charge in [-0.2, -0.15) is 0 Å². The zero-order valence-electron chi connectivity index (χ0n) is 18.9. The van der Waals surface area contributed by atoms with Crippen molar-refractivity contribution in [1.82, 2.24) is 5.06 Å². The summed E-state index contributed by atoms with van der Waals surface area (Å²) in [5.41, 5.74) is 1.84. The molecule has 3 rings (SSSR count). The first-order chi connectivity index (χ1) is 14.6. The zero-order valence-corrected chi connectivity index (χ0v) is 19.9. The average molecular weight is 438 g/mol. The number of rotatable bonds is 8. The molecule has 0 radical (unpaired) electrons. The number of hydrogen-bond acceptors (Lipinski definition) is 4. The van der Waals surface area contributed by atoms with Crippen LogP contribution in [0, 0.1) is 0 Å². The molecule has 6 heteroatoms. The van der Waals surface area contributed by atoms with E-state index in [1.807, 2.05) is 36.4 Å². The van der Waals surface area contributed by atoms with Gasteiger partial charge in [-0.3, -0.25) is 14.4 Å². The second-order valence-electron chi connectivity index (χ2n) is 9.34. The Balaban J connectivity index is 1.68. The number of carbonyl (C=O) groups excluding carboxylic acids is 2. The third-order valence-corrected chi connectivity index (χ3v) is 10.5. The van der Waals surface area contributed by atoms with Crippen molar-refractivity contribution >= 4 is 20.1 Å². The van der Waals surface area contributed by atoms with Crippen molar-refractivity contribution in [2.24, 2.45) is 0 Å². The van der Waals surface area contributed by atoms with Gasteiger partial charge in [-0.25, -0.2) is 0 Å². The Morgan fingerprint density at radius 3 is 2.03 bits per heavy atom. The van der Waals surface area contributed by atoms with Crippen LogP contribution in [-0.2, 0) is 9.26 Å². The highest BCUT2D eigenvalue weighted by atomic mass is 28.4. The van der Waals surface area contributed by atoms with Gasteiger partial charge in [-0.15, -0.1) is 5.06 Å². The zero-order chi connectivity index (χ0) is 22.6. The summed E-state index contributed by atoms with van der Waals surface area (Å²) in [5.74, 6) is -0.849. The Morgan fingerprint density at radius 1 is 0.935 bits per heavy atom. The van der Waals surface area contributed by atoms with Crippen LogP contribution < -0.4 is 0 Å². The highest BCUT2D eigenvalue weighted by Crippen LogP contribution is 2.36. The van der Waals surface area contributed by atoms with Gasteiger partial charge in [0.05, 0.1) is 24.0 Å². The molecule has 2 aromatic rings. The molecule has 0 aliphatic carbocycles. The number of allylic oxidation sites excluding steroid dienone is 1. The number of hydrogen-bond donors (Lipinski definition) is 0. The van der Waals surface area contributed by atoms with E-state index in [4.69, 9.17) is 9.26 Å². The first kappa shape index (κ1) is 23.0. The quantitative estimate of drug-likeness (QED) is 0.292. The molecule has 2 amide bonds. The van der Waals surface area contributed by atoms with Crippen LogP contribution >= 0.6 is 0 Å². The molecule has 0 fully saturated rings. The lowest BCUT2D eigenvalue weighted by Crippen LogP contribution is -2.39. The van der Waals surface area contributed by atoms with Crippen molar-refractivity contribution in [3.8, 4) is 0 Å². The molecule has 1 atom stereocenters. The van der Waals surface area contributed by atoms with Crippen molar-refractivity contribution in [2.75, 3.05) is 6.61 Å². The van der Waals surface area contributed by atoms with Gasteiger partial charge in [0.15, 0.2) is 0 Å². The van der Waals surface area contributed by atoms with E-state index in [0.717, 1.165) is 10.6 Å². The molecule has 0 N–H and O–H groups in total. The molecular weight excluding hydrogens is 406 g/mol. The van der Waals surface area contributed by atoms with Gasteiger partial charge in [0.1, 0.15) is 0 Å². The lowest BCUT2D eigenvalue weighted by Gasteiger charge is -2.35. The van der Waals surface area contributed by atoms with Crippen LogP contribution in [0.1, 0.15) is 59.4 Å². The van der Waals surface area contributed by atoms with E-state index in [1.165, 1.54) is 0 Å². The molecule has 1 heterocycles. The Hall–Kier alpha value is -2.70. The van der Waals surface area contributed by atoms with Crippen LogP contribution in [0.4, 0.5) is 0 Å². The molecule has 0 saturated carbocycles. The fourth-order valence-corrected chi connectivity index (χ4v) is 3.88. The number of amides is 2. The second-order valence-corrected chi connectivity index (χ2v) is 14.1. The molecule has 164 valence electrons. The summed E-state index contributed by atoms with van der Waals surface area (Å²) in [6, 6.07) is 16.7. The van der Waals surface area contributed by atoms with E-state index >= 15 is 0 Å². The van der Waals surface area contributed by atoms with E-state index in [0.29, 0.717) is 17.5 Å². The summed E-state index contributed by atoms with van der Waals surface area (Å²) in [7, 11) is -1.87. The van der Waals surface area contributed by atoms with Crippen molar-refractivity contribution in [1.29, 1.82) is 0 Å². The molecule has 0 bridgehead atoms.